The van der Waals surface area contributed by atoms with Crippen LogP contribution >= 0.6 is 0 Å². The molecule has 0 aliphatic rings. The van der Waals surface area contributed by atoms with E-state index in [4.69, 9.17) is 0 Å². The lowest BCUT2D eigenvalue weighted by atomic mass is 10.2. The van der Waals surface area contributed by atoms with Gasteiger partial charge in [0.2, 0.25) is 0 Å². The van der Waals surface area contributed by atoms with E-state index in [0.717, 1.165) is 17.8 Å². The summed E-state index contributed by atoms with van der Waals surface area (Å²) in [5.74, 6) is -0.209. The Morgan fingerprint density at radius 1 is 1.25 bits per heavy atom. The topological polar surface area (TPSA) is 29.9 Å². The van der Waals surface area contributed by atoms with Gasteiger partial charge in [-0.15, -0.1) is 0 Å². The smallest absolute Gasteiger partial charge is 0.123 e. The highest BCUT2D eigenvalue weighted by molar-refractivity contribution is 5.17. The fourth-order valence-corrected chi connectivity index (χ4v) is 1.60. The van der Waals surface area contributed by atoms with Crippen LogP contribution in [0.2, 0.25) is 0 Å². The first-order chi connectivity index (χ1) is 7.79. The van der Waals surface area contributed by atoms with Crippen LogP contribution < -0.4 is 5.32 Å². The van der Waals surface area contributed by atoms with Crippen LogP contribution in [0.1, 0.15) is 11.3 Å². The molecule has 3 nitrogen and oxygen atoms in total. The molecule has 0 aliphatic carbocycles. The fourth-order valence-electron chi connectivity index (χ4n) is 1.60. The Hall–Kier alpha value is -1.68. The van der Waals surface area contributed by atoms with Crippen LogP contribution in [0.5, 0.6) is 0 Å². The normalized spacial score (nSPS) is 10.6. The summed E-state index contributed by atoms with van der Waals surface area (Å²) in [5.41, 5.74) is 2.16. The van der Waals surface area contributed by atoms with Gasteiger partial charge in [-0.1, -0.05) is 12.1 Å². The molecule has 2 rings (SSSR count). The van der Waals surface area contributed by atoms with Gasteiger partial charge in [0.05, 0.1) is 12.2 Å². The van der Waals surface area contributed by atoms with Crippen molar-refractivity contribution in [2.24, 2.45) is 0 Å². The summed E-state index contributed by atoms with van der Waals surface area (Å²) in [6.45, 7) is 1.45. The third-order valence-corrected chi connectivity index (χ3v) is 2.41. The van der Waals surface area contributed by atoms with Gasteiger partial charge in [0, 0.05) is 12.7 Å². The van der Waals surface area contributed by atoms with Gasteiger partial charge in [-0.2, -0.15) is 5.10 Å². The minimum Gasteiger partial charge on any atom is -0.314 e. The van der Waals surface area contributed by atoms with E-state index in [9.17, 15) is 4.39 Å². The van der Waals surface area contributed by atoms with Crippen molar-refractivity contribution in [2.45, 2.75) is 13.1 Å². The summed E-state index contributed by atoms with van der Waals surface area (Å²) < 4.78 is 14.6. The molecule has 16 heavy (non-hydrogen) atoms. The molecule has 0 bridgehead atoms. The molecule has 4 heteroatoms. The van der Waals surface area contributed by atoms with E-state index in [1.807, 2.05) is 17.8 Å². The number of benzene rings is 1. The molecule has 0 saturated carbocycles. The third kappa shape index (κ3) is 2.46. The molecule has 0 unspecified atom stereocenters. The molecular weight excluding hydrogens is 205 g/mol. The van der Waals surface area contributed by atoms with Crippen LogP contribution in [-0.4, -0.2) is 16.8 Å². The van der Waals surface area contributed by atoms with Crippen LogP contribution in [-0.2, 0) is 13.1 Å². The van der Waals surface area contributed by atoms with E-state index in [1.54, 1.807) is 18.3 Å². The minimum atomic E-state index is -0.209. The molecular formula is C12H14FN3. The Morgan fingerprint density at radius 3 is 2.69 bits per heavy atom. The third-order valence-electron chi connectivity index (χ3n) is 2.41. The highest BCUT2D eigenvalue weighted by Crippen LogP contribution is 2.07. The van der Waals surface area contributed by atoms with Gasteiger partial charge in [0.25, 0.3) is 0 Å². The first-order valence-electron chi connectivity index (χ1n) is 5.19. The van der Waals surface area contributed by atoms with E-state index in [-0.39, 0.29) is 5.82 Å². The Bertz CT molecular complexity index is 448. The quantitative estimate of drug-likeness (QED) is 0.849. The molecule has 1 aromatic heterocycles. The molecule has 0 saturated heterocycles. The number of aromatic nitrogens is 2. The van der Waals surface area contributed by atoms with Gasteiger partial charge in [-0.25, -0.2) is 4.39 Å². The van der Waals surface area contributed by atoms with E-state index in [1.165, 1.54) is 12.1 Å². The lowest BCUT2D eigenvalue weighted by Gasteiger charge is -2.07. The number of hydrogen-bond acceptors (Lipinski definition) is 2. The van der Waals surface area contributed by atoms with Crippen molar-refractivity contribution < 1.29 is 4.39 Å². The zero-order chi connectivity index (χ0) is 11.4. The largest absolute Gasteiger partial charge is 0.314 e. The predicted octanol–water partition coefficient (Wildman–Crippen LogP) is 1.79. The maximum absolute atomic E-state index is 12.7. The molecule has 0 spiro atoms. The molecule has 0 aliphatic heterocycles. The van der Waals surface area contributed by atoms with Gasteiger partial charge in [0.15, 0.2) is 0 Å². The van der Waals surface area contributed by atoms with Crippen LogP contribution in [0.25, 0.3) is 0 Å². The lowest BCUT2D eigenvalue weighted by molar-refractivity contribution is 0.613. The van der Waals surface area contributed by atoms with E-state index in [0.29, 0.717) is 6.54 Å². The van der Waals surface area contributed by atoms with Crippen LogP contribution in [0.4, 0.5) is 4.39 Å². The average molecular weight is 219 g/mol. The van der Waals surface area contributed by atoms with E-state index >= 15 is 0 Å². The van der Waals surface area contributed by atoms with Crippen molar-refractivity contribution in [3.05, 3.63) is 53.6 Å². The fraction of sp³-hybridized carbons (Fsp3) is 0.250. The maximum Gasteiger partial charge on any atom is 0.123 e. The summed E-state index contributed by atoms with van der Waals surface area (Å²) in [6.07, 6.45) is 1.77. The standard InChI is InChI=1S/C12H14FN3/c1-14-8-12-6-7-15-16(12)9-10-2-4-11(13)5-3-10/h2-7,14H,8-9H2,1H3. The van der Waals surface area contributed by atoms with Crippen molar-refractivity contribution in [2.75, 3.05) is 7.05 Å². The van der Waals surface area contributed by atoms with E-state index < -0.39 is 0 Å². The molecule has 0 radical (unpaired) electrons. The molecule has 1 aromatic carbocycles. The van der Waals surface area contributed by atoms with Crippen molar-refractivity contribution in [1.29, 1.82) is 0 Å². The highest BCUT2D eigenvalue weighted by atomic mass is 19.1. The zero-order valence-corrected chi connectivity index (χ0v) is 9.15. The molecule has 0 atom stereocenters. The predicted molar refractivity (Wildman–Crippen MR) is 60.5 cm³/mol. The average Bonchev–Trinajstić information content (AvgIpc) is 2.70. The van der Waals surface area contributed by atoms with Crippen molar-refractivity contribution in [3.63, 3.8) is 0 Å². The Morgan fingerprint density at radius 2 is 2.00 bits per heavy atom. The molecule has 84 valence electrons. The van der Waals surface area contributed by atoms with Gasteiger partial charge in [0.1, 0.15) is 5.82 Å². The summed E-state index contributed by atoms with van der Waals surface area (Å²) >= 11 is 0. The Balaban J connectivity index is 2.13. The van der Waals surface area contributed by atoms with Crippen LogP contribution in [0.3, 0.4) is 0 Å². The second-order valence-corrected chi connectivity index (χ2v) is 3.64. The minimum absolute atomic E-state index is 0.209. The molecule has 0 amide bonds. The number of nitrogens with one attached hydrogen (secondary N) is 1. The first-order valence-corrected chi connectivity index (χ1v) is 5.19. The summed E-state index contributed by atoms with van der Waals surface area (Å²) in [5, 5.41) is 7.32. The Kier molecular flexibility index (Phi) is 3.31. The number of hydrogen-bond donors (Lipinski definition) is 1. The van der Waals surface area contributed by atoms with Crippen molar-refractivity contribution >= 4 is 0 Å². The Labute approximate surface area is 93.9 Å². The molecule has 0 fully saturated rings. The zero-order valence-electron chi connectivity index (χ0n) is 9.15. The van der Waals surface area contributed by atoms with Gasteiger partial charge in [-0.3, -0.25) is 4.68 Å². The van der Waals surface area contributed by atoms with Crippen molar-refractivity contribution in [1.82, 2.24) is 15.1 Å². The summed E-state index contributed by atoms with van der Waals surface area (Å²) in [6, 6.07) is 8.47. The van der Waals surface area contributed by atoms with Crippen LogP contribution in [0.15, 0.2) is 36.5 Å². The number of halogens is 1. The second-order valence-electron chi connectivity index (χ2n) is 3.64. The lowest BCUT2D eigenvalue weighted by Crippen LogP contribution is -2.12. The van der Waals surface area contributed by atoms with Gasteiger partial charge < -0.3 is 5.32 Å². The summed E-state index contributed by atoms with van der Waals surface area (Å²) in [4.78, 5) is 0. The van der Waals surface area contributed by atoms with Crippen molar-refractivity contribution in [3.8, 4) is 0 Å². The van der Waals surface area contributed by atoms with Gasteiger partial charge >= 0.3 is 0 Å². The number of nitrogens with zero attached hydrogens (tertiary/aromatic N) is 2. The molecule has 1 N–H and O–H groups in total. The molecule has 2 aromatic rings. The van der Waals surface area contributed by atoms with Gasteiger partial charge in [-0.05, 0) is 30.8 Å². The summed E-state index contributed by atoms with van der Waals surface area (Å²) in [7, 11) is 1.90. The van der Waals surface area contributed by atoms with Crippen LogP contribution in [0, 0.1) is 5.82 Å². The highest BCUT2D eigenvalue weighted by Gasteiger charge is 2.02. The molecule has 1 heterocycles. The SMILES string of the molecule is CNCc1ccnn1Cc1ccc(F)cc1. The second kappa shape index (κ2) is 4.90. The first kappa shape index (κ1) is 10.8. The van der Waals surface area contributed by atoms with E-state index in [2.05, 4.69) is 10.4 Å². The maximum atomic E-state index is 12.7. The monoisotopic (exact) mass is 219 g/mol. The number of rotatable bonds is 4.